The zero-order valence-corrected chi connectivity index (χ0v) is 12.9. The molecule has 0 aromatic carbocycles. The van der Waals surface area contributed by atoms with Crippen LogP contribution in [-0.4, -0.2) is 49.4 Å². The van der Waals surface area contributed by atoms with Crippen molar-refractivity contribution in [3.63, 3.8) is 0 Å². The van der Waals surface area contributed by atoms with Crippen molar-refractivity contribution in [1.29, 1.82) is 0 Å². The number of nitrogen functional groups attached to an aromatic ring is 1. The summed E-state index contributed by atoms with van der Waals surface area (Å²) in [5.74, 6) is 2.40. The molecule has 0 amide bonds. The van der Waals surface area contributed by atoms with Crippen molar-refractivity contribution < 1.29 is 10.2 Å². The standard InChI is InChI=1S/C15H22N6O2/c16-15-20-13(17-5-7-1-2-7)11-14(21-15)19-12(18-11)8-3-9(6-22)10(23)4-8/h7-10,22-23H,1-6H2,(H4,16,17,18,19,20,21)/t8-,9+,10-/m0/s1. The Morgan fingerprint density at radius 1 is 1.22 bits per heavy atom. The molecule has 0 bridgehead atoms. The molecule has 2 aromatic heterocycles. The topological polar surface area (TPSA) is 133 Å². The van der Waals surface area contributed by atoms with Crippen molar-refractivity contribution >= 4 is 22.9 Å². The van der Waals surface area contributed by atoms with Gasteiger partial charge in [-0.25, -0.2) is 4.98 Å². The first-order valence-electron chi connectivity index (χ1n) is 8.20. The molecule has 0 radical (unpaired) electrons. The number of anilines is 2. The van der Waals surface area contributed by atoms with Gasteiger partial charge < -0.3 is 26.2 Å². The first-order valence-corrected chi connectivity index (χ1v) is 8.20. The zero-order valence-electron chi connectivity index (χ0n) is 12.9. The quantitative estimate of drug-likeness (QED) is 0.545. The largest absolute Gasteiger partial charge is 0.396 e. The number of nitrogens with zero attached hydrogens (tertiary/aromatic N) is 3. The van der Waals surface area contributed by atoms with E-state index in [1.54, 1.807) is 0 Å². The summed E-state index contributed by atoms with van der Waals surface area (Å²) in [6.45, 7) is 0.882. The van der Waals surface area contributed by atoms with E-state index in [0.29, 0.717) is 24.3 Å². The normalized spacial score (nSPS) is 27.7. The van der Waals surface area contributed by atoms with Gasteiger partial charge in [0.1, 0.15) is 11.3 Å². The van der Waals surface area contributed by atoms with E-state index in [2.05, 4.69) is 25.3 Å². The Balaban J connectivity index is 1.62. The third-order valence-corrected chi connectivity index (χ3v) is 4.92. The van der Waals surface area contributed by atoms with Crippen LogP contribution in [0.25, 0.3) is 11.2 Å². The third kappa shape index (κ3) is 2.84. The third-order valence-electron chi connectivity index (χ3n) is 4.92. The number of nitrogens with one attached hydrogen (secondary N) is 2. The number of aliphatic hydroxyl groups excluding tert-OH is 2. The Bertz CT molecular complexity index is 713. The molecule has 2 aromatic rings. The number of imidazole rings is 1. The van der Waals surface area contributed by atoms with Crippen LogP contribution < -0.4 is 11.1 Å². The van der Waals surface area contributed by atoms with E-state index in [4.69, 9.17) is 5.73 Å². The van der Waals surface area contributed by atoms with Crippen molar-refractivity contribution in [1.82, 2.24) is 19.9 Å². The number of aromatic amines is 1. The van der Waals surface area contributed by atoms with Gasteiger partial charge in [0.25, 0.3) is 0 Å². The van der Waals surface area contributed by atoms with E-state index in [9.17, 15) is 10.2 Å². The molecule has 3 atom stereocenters. The number of H-pyrrole nitrogens is 1. The lowest BCUT2D eigenvalue weighted by atomic mass is 10.1. The average molecular weight is 318 g/mol. The molecule has 8 heteroatoms. The molecular weight excluding hydrogens is 296 g/mol. The highest BCUT2D eigenvalue weighted by molar-refractivity contribution is 5.84. The van der Waals surface area contributed by atoms with Gasteiger partial charge in [-0.1, -0.05) is 0 Å². The highest BCUT2D eigenvalue weighted by Crippen LogP contribution is 2.38. The second kappa shape index (κ2) is 5.61. The molecule has 4 rings (SSSR count). The summed E-state index contributed by atoms with van der Waals surface area (Å²) >= 11 is 0. The molecule has 124 valence electrons. The number of rotatable bonds is 5. The number of hydrogen-bond acceptors (Lipinski definition) is 7. The van der Waals surface area contributed by atoms with Gasteiger partial charge in [-0.2, -0.15) is 9.97 Å². The number of hydrogen-bond donors (Lipinski definition) is 5. The minimum absolute atomic E-state index is 0.00115. The van der Waals surface area contributed by atoms with Crippen LogP contribution in [0.3, 0.4) is 0 Å². The fraction of sp³-hybridized carbons (Fsp3) is 0.667. The smallest absolute Gasteiger partial charge is 0.224 e. The van der Waals surface area contributed by atoms with Crippen molar-refractivity contribution in [2.45, 2.75) is 37.7 Å². The average Bonchev–Trinajstić information content (AvgIpc) is 3.13. The van der Waals surface area contributed by atoms with Crippen molar-refractivity contribution in [2.75, 3.05) is 24.2 Å². The molecule has 0 unspecified atom stereocenters. The summed E-state index contributed by atoms with van der Waals surface area (Å²) in [6.07, 6.45) is 3.34. The number of nitrogens with two attached hydrogens (primary N) is 1. The van der Waals surface area contributed by atoms with Crippen molar-refractivity contribution in [3.8, 4) is 0 Å². The highest BCUT2D eigenvalue weighted by Gasteiger charge is 2.35. The Morgan fingerprint density at radius 2 is 2.04 bits per heavy atom. The summed E-state index contributed by atoms with van der Waals surface area (Å²) < 4.78 is 0. The summed E-state index contributed by atoms with van der Waals surface area (Å²) in [4.78, 5) is 16.3. The second-order valence-electron chi connectivity index (χ2n) is 6.75. The van der Waals surface area contributed by atoms with Crippen LogP contribution in [0.4, 0.5) is 11.8 Å². The SMILES string of the molecule is Nc1nc(NCC2CC2)c2[nH]c([C@H]3C[C@H](CO)[C@@H](O)C3)nc2n1. The first kappa shape index (κ1) is 14.6. The van der Waals surface area contributed by atoms with Crippen molar-refractivity contribution in [2.24, 2.45) is 11.8 Å². The Labute approximate surface area is 133 Å². The summed E-state index contributed by atoms with van der Waals surface area (Å²) in [5, 5.41) is 22.6. The first-order chi connectivity index (χ1) is 11.1. The minimum Gasteiger partial charge on any atom is -0.396 e. The van der Waals surface area contributed by atoms with Gasteiger partial charge >= 0.3 is 0 Å². The number of fused-ring (bicyclic) bond motifs is 1. The number of aliphatic hydroxyl groups is 2. The molecule has 2 aliphatic carbocycles. The van der Waals surface area contributed by atoms with Crippen LogP contribution >= 0.6 is 0 Å². The van der Waals surface area contributed by atoms with Gasteiger partial charge in [-0.05, 0) is 31.6 Å². The maximum Gasteiger partial charge on any atom is 0.224 e. The van der Waals surface area contributed by atoms with Crippen LogP contribution in [-0.2, 0) is 0 Å². The van der Waals surface area contributed by atoms with Crippen LogP contribution in [0.15, 0.2) is 0 Å². The van der Waals surface area contributed by atoms with Gasteiger partial charge in [0.2, 0.25) is 5.95 Å². The van der Waals surface area contributed by atoms with E-state index >= 15 is 0 Å². The highest BCUT2D eigenvalue weighted by atomic mass is 16.3. The van der Waals surface area contributed by atoms with Gasteiger partial charge in [0.05, 0.1) is 6.10 Å². The number of aromatic nitrogens is 4. The predicted molar refractivity (Wildman–Crippen MR) is 85.9 cm³/mol. The van der Waals surface area contributed by atoms with E-state index in [1.165, 1.54) is 12.8 Å². The molecule has 2 fully saturated rings. The van der Waals surface area contributed by atoms with Crippen LogP contribution in [0, 0.1) is 11.8 Å². The molecule has 2 saturated carbocycles. The lowest BCUT2D eigenvalue weighted by Crippen LogP contribution is -2.16. The lowest BCUT2D eigenvalue weighted by Gasteiger charge is -2.08. The molecule has 0 spiro atoms. The van der Waals surface area contributed by atoms with Gasteiger partial charge in [0.15, 0.2) is 11.5 Å². The second-order valence-corrected chi connectivity index (χ2v) is 6.75. The predicted octanol–water partition coefficient (Wildman–Crippen LogP) is 0.604. The van der Waals surface area contributed by atoms with Crippen molar-refractivity contribution in [3.05, 3.63) is 5.82 Å². The van der Waals surface area contributed by atoms with E-state index < -0.39 is 6.10 Å². The fourth-order valence-electron chi connectivity index (χ4n) is 3.34. The minimum atomic E-state index is -0.484. The summed E-state index contributed by atoms with van der Waals surface area (Å²) in [6, 6.07) is 0. The zero-order chi connectivity index (χ0) is 16.0. The van der Waals surface area contributed by atoms with E-state index in [1.807, 2.05) is 0 Å². The van der Waals surface area contributed by atoms with Gasteiger partial charge in [-0.3, -0.25) is 0 Å². The van der Waals surface area contributed by atoms with Crippen LogP contribution in [0.1, 0.15) is 37.4 Å². The molecule has 6 N–H and O–H groups in total. The fourth-order valence-corrected chi connectivity index (χ4v) is 3.34. The molecular formula is C15H22N6O2. The monoisotopic (exact) mass is 318 g/mol. The molecule has 2 heterocycles. The Morgan fingerprint density at radius 3 is 2.74 bits per heavy atom. The molecule has 0 saturated heterocycles. The Hall–Kier alpha value is -1.93. The maximum atomic E-state index is 9.98. The van der Waals surface area contributed by atoms with E-state index in [-0.39, 0.29) is 24.4 Å². The lowest BCUT2D eigenvalue weighted by molar-refractivity contribution is 0.0907. The molecule has 23 heavy (non-hydrogen) atoms. The maximum absolute atomic E-state index is 9.98. The van der Waals surface area contributed by atoms with Crippen LogP contribution in [0.5, 0.6) is 0 Å². The van der Waals surface area contributed by atoms with Gasteiger partial charge in [-0.15, -0.1) is 0 Å². The molecule has 8 nitrogen and oxygen atoms in total. The molecule has 0 aliphatic heterocycles. The van der Waals surface area contributed by atoms with Crippen LogP contribution in [0.2, 0.25) is 0 Å². The Kier molecular flexibility index (Phi) is 3.57. The van der Waals surface area contributed by atoms with E-state index in [0.717, 1.165) is 23.8 Å². The van der Waals surface area contributed by atoms with Gasteiger partial charge in [0, 0.05) is 25.0 Å². The summed E-state index contributed by atoms with van der Waals surface area (Å²) in [7, 11) is 0. The molecule has 2 aliphatic rings. The summed E-state index contributed by atoms with van der Waals surface area (Å²) in [5.41, 5.74) is 7.10.